The summed E-state index contributed by atoms with van der Waals surface area (Å²) in [7, 11) is 0. The topological polar surface area (TPSA) is 0 Å². The first-order valence-electron chi connectivity index (χ1n) is 5.68. The number of rotatable bonds is 2. The Kier molecular flexibility index (Phi) is 10.9. The Bertz CT molecular complexity index is 105. The first-order valence-corrected chi connectivity index (χ1v) is 12.2. The van der Waals surface area contributed by atoms with Crippen LogP contribution in [0, 0.1) is 0 Å². The van der Waals surface area contributed by atoms with E-state index in [1.165, 1.54) is 8.35 Å². The van der Waals surface area contributed by atoms with E-state index >= 15 is 0 Å². The van der Waals surface area contributed by atoms with Crippen LogP contribution >= 0.6 is 0 Å². The van der Waals surface area contributed by atoms with Crippen molar-refractivity contribution in [3.8, 4) is 0 Å². The van der Waals surface area contributed by atoms with Gasteiger partial charge in [-0.3, -0.25) is 0 Å². The van der Waals surface area contributed by atoms with Gasteiger partial charge in [-0.15, -0.1) is 0 Å². The molecule has 0 aromatic rings. The van der Waals surface area contributed by atoms with Crippen LogP contribution in [-0.2, 0) is 0 Å². The van der Waals surface area contributed by atoms with E-state index in [1.54, 1.807) is 0 Å². The van der Waals surface area contributed by atoms with Crippen molar-refractivity contribution in [3.05, 3.63) is 0 Å². The molecule has 14 heavy (non-hydrogen) atoms. The molecule has 0 aromatic carbocycles. The van der Waals surface area contributed by atoms with Gasteiger partial charge in [-0.05, 0) is 0 Å². The molecule has 84 valence electrons. The molecule has 0 fully saturated rings. The van der Waals surface area contributed by atoms with Crippen molar-refractivity contribution < 1.29 is 0 Å². The third-order valence-corrected chi connectivity index (χ3v) is 7.36. The molecule has 0 aromatic heterocycles. The molecular weight excluding hydrogens is 334 g/mol. The van der Waals surface area contributed by atoms with E-state index in [4.69, 9.17) is 0 Å². The SMILES string of the molecule is CC(C)(C)[As]C(C)(C)C.C[CH2][In][CH2]C. The van der Waals surface area contributed by atoms with Crippen LogP contribution in [0.5, 0.6) is 0 Å². The zero-order valence-corrected chi connectivity index (χ0v) is 16.6. The van der Waals surface area contributed by atoms with Crippen molar-refractivity contribution in [1.29, 1.82) is 0 Å². The van der Waals surface area contributed by atoms with E-state index in [0.717, 1.165) is 0 Å². The molecule has 0 atom stereocenters. The van der Waals surface area contributed by atoms with Crippen molar-refractivity contribution in [2.24, 2.45) is 0 Å². The van der Waals surface area contributed by atoms with Gasteiger partial charge in [0, 0.05) is 0 Å². The van der Waals surface area contributed by atoms with Crippen molar-refractivity contribution in [2.75, 3.05) is 0 Å². The Balaban J connectivity index is 0. The molecular formula is C12H28AsIn. The second kappa shape index (κ2) is 8.57. The third kappa shape index (κ3) is 23.3. The summed E-state index contributed by atoms with van der Waals surface area (Å²) in [4.78, 5) is 0. The van der Waals surface area contributed by atoms with E-state index in [9.17, 15) is 0 Å². The minimum atomic E-state index is 0.0800. The molecule has 0 saturated carbocycles. The normalized spacial score (nSPS) is 11.7. The Morgan fingerprint density at radius 1 is 0.786 bits per heavy atom. The molecule has 0 heterocycles. The van der Waals surface area contributed by atoms with Crippen LogP contribution in [0.2, 0.25) is 16.8 Å². The zero-order chi connectivity index (χ0) is 11.8. The van der Waals surface area contributed by atoms with Crippen LogP contribution in [0.3, 0.4) is 0 Å². The van der Waals surface area contributed by atoms with Crippen LogP contribution in [0.4, 0.5) is 0 Å². The van der Waals surface area contributed by atoms with Crippen molar-refractivity contribution in [3.63, 3.8) is 0 Å². The predicted octanol–water partition coefficient (Wildman–Crippen LogP) is 4.69. The molecule has 0 aliphatic carbocycles. The first-order chi connectivity index (χ1) is 6.12. The third-order valence-electron chi connectivity index (χ3n) is 1.25. The summed E-state index contributed by atoms with van der Waals surface area (Å²) < 4.78 is 4.22. The summed E-state index contributed by atoms with van der Waals surface area (Å²) in [6.07, 6.45) is 0. The van der Waals surface area contributed by atoms with E-state index in [-0.39, 0.29) is 22.9 Å². The molecule has 0 rings (SSSR count). The maximum absolute atomic E-state index is 2.33. The van der Waals surface area contributed by atoms with Gasteiger partial charge < -0.3 is 0 Å². The zero-order valence-electron chi connectivity index (χ0n) is 11.4. The molecule has 2 heteroatoms. The summed E-state index contributed by atoms with van der Waals surface area (Å²) in [5.41, 5.74) is 0. The van der Waals surface area contributed by atoms with Gasteiger partial charge in [0.1, 0.15) is 0 Å². The van der Waals surface area contributed by atoms with Gasteiger partial charge in [-0.2, -0.15) is 0 Å². The van der Waals surface area contributed by atoms with Crippen molar-refractivity contribution in [2.45, 2.75) is 72.2 Å². The van der Waals surface area contributed by atoms with Gasteiger partial charge in [0.2, 0.25) is 0 Å². The fraction of sp³-hybridized carbons (Fsp3) is 1.00. The summed E-state index contributed by atoms with van der Waals surface area (Å²) in [6.45, 7) is 18.6. The van der Waals surface area contributed by atoms with Crippen LogP contribution in [-0.4, -0.2) is 38.7 Å². The van der Waals surface area contributed by atoms with Crippen molar-refractivity contribution in [1.82, 2.24) is 0 Å². The van der Waals surface area contributed by atoms with Crippen LogP contribution in [0.15, 0.2) is 0 Å². The number of hydrogen-bond donors (Lipinski definition) is 0. The summed E-state index contributed by atoms with van der Waals surface area (Å²) in [6, 6.07) is 0. The quantitative estimate of drug-likeness (QED) is 0.625. The molecule has 2 radical (unpaired) electrons. The molecule has 0 amide bonds. The summed E-state index contributed by atoms with van der Waals surface area (Å²) in [5, 5.41) is 0. The molecule has 0 saturated heterocycles. The van der Waals surface area contributed by atoms with Crippen LogP contribution in [0.25, 0.3) is 0 Å². The maximum atomic E-state index is 2.33. The molecule has 0 aliphatic rings. The average Bonchev–Trinajstić information content (AvgIpc) is 1.81. The van der Waals surface area contributed by atoms with E-state index in [0.29, 0.717) is 24.2 Å². The monoisotopic (exact) mass is 362 g/mol. The van der Waals surface area contributed by atoms with E-state index in [2.05, 4.69) is 55.4 Å². The van der Waals surface area contributed by atoms with Gasteiger partial charge >= 0.3 is 111 Å². The van der Waals surface area contributed by atoms with Gasteiger partial charge in [0.25, 0.3) is 0 Å². The molecule has 0 spiro atoms. The Hall–Kier alpha value is 1.43. The molecule has 0 unspecified atom stereocenters. The second-order valence-electron chi connectivity index (χ2n) is 5.56. The Morgan fingerprint density at radius 2 is 1.07 bits per heavy atom. The summed E-state index contributed by atoms with van der Waals surface area (Å²) >= 11 is 0.559. The standard InChI is InChI=1S/C8H18As.2C2H5.In/c1-7(2,3)9-8(4,5)6;2*1-2;/h1-6H3;2*1H2,2H3;. The predicted molar refractivity (Wildman–Crippen MR) is 71.9 cm³/mol. The van der Waals surface area contributed by atoms with Gasteiger partial charge in [0.05, 0.1) is 0 Å². The average molecular weight is 362 g/mol. The van der Waals surface area contributed by atoms with Gasteiger partial charge in [-0.25, -0.2) is 0 Å². The summed E-state index contributed by atoms with van der Waals surface area (Å²) in [5.74, 6) is 0. The molecule has 0 aliphatic heterocycles. The fourth-order valence-corrected chi connectivity index (χ4v) is 7.17. The first kappa shape index (κ1) is 17.8. The van der Waals surface area contributed by atoms with E-state index in [1.807, 2.05) is 0 Å². The van der Waals surface area contributed by atoms with Gasteiger partial charge in [-0.1, -0.05) is 0 Å². The van der Waals surface area contributed by atoms with Crippen LogP contribution < -0.4 is 0 Å². The van der Waals surface area contributed by atoms with Crippen molar-refractivity contribution >= 4 is 38.7 Å². The van der Waals surface area contributed by atoms with E-state index < -0.39 is 0 Å². The van der Waals surface area contributed by atoms with Crippen LogP contribution in [0.1, 0.15) is 55.4 Å². The molecule has 0 N–H and O–H groups in total. The minimum absolute atomic E-state index is 0.0800. The Labute approximate surface area is 110 Å². The number of hydrogen-bond acceptors (Lipinski definition) is 0. The van der Waals surface area contributed by atoms with Gasteiger partial charge in [0.15, 0.2) is 0 Å². The fourth-order valence-electron chi connectivity index (χ4n) is 1.29. The molecule has 0 bridgehead atoms. The second-order valence-corrected chi connectivity index (χ2v) is 18.0. The molecule has 0 nitrogen and oxygen atoms in total. The Morgan fingerprint density at radius 3 is 1.07 bits per heavy atom.